The van der Waals surface area contributed by atoms with Gasteiger partial charge in [0, 0.05) is 31.1 Å². The SMILES string of the molecule is COc1cc2ncnc(N3CC(CCNS(N)(=O)=O)C3)c2cc1OC. The predicted octanol–water partition coefficient (Wildman–Crippen LogP) is 0.266. The summed E-state index contributed by atoms with van der Waals surface area (Å²) in [6.45, 7) is 1.94. The lowest BCUT2D eigenvalue weighted by molar-refractivity contribution is 0.355. The van der Waals surface area contributed by atoms with Crippen molar-refractivity contribution in [1.82, 2.24) is 14.7 Å². The normalized spacial score (nSPS) is 15.2. The van der Waals surface area contributed by atoms with Crippen LogP contribution in [0.1, 0.15) is 6.42 Å². The fourth-order valence-electron chi connectivity index (χ4n) is 2.95. The minimum Gasteiger partial charge on any atom is -0.493 e. The van der Waals surface area contributed by atoms with Crippen molar-refractivity contribution in [3.05, 3.63) is 18.5 Å². The number of nitrogens with one attached hydrogen (secondary N) is 1. The molecule has 0 saturated carbocycles. The van der Waals surface area contributed by atoms with E-state index in [0.29, 0.717) is 24.0 Å². The maximum atomic E-state index is 10.9. The van der Waals surface area contributed by atoms with Crippen molar-refractivity contribution in [3.63, 3.8) is 0 Å². The molecule has 1 aliphatic heterocycles. The van der Waals surface area contributed by atoms with Crippen molar-refractivity contribution in [2.75, 3.05) is 38.8 Å². The van der Waals surface area contributed by atoms with Gasteiger partial charge in [0.15, 0.2) is 11.5 Å². The molecule has 1 aromatic carbocycles. The van der Waals surface area contributed by atoms with Gasteiger partial charge in [0.2, 0.25) is 0 Å². The predicted molar refractivity (Wildman–Crippen MR) is 94.1 cm³/mol. The first-order valence-corrected chi connectivity index (χ1v) is 9.35. The van der Waals surface area contributed by atoms with Crippen LogP contribution in [0.25, 0.3) is 10.9 Å². The molecule has 0 unspecified atom stereocenters. The standard InChI is InChI=1S/C15H21N5O4S/c1-23-13-5-11-12(6-14(13)24-2)17-9-18-15(11)20-7-10(8-20)3-4-19-25(16,21)22/h5-6,9-10,19H,3-4,7-8H2,1-2H3,(H2,16,21,22). The van der Waals surface area contributed by atoms with E-state index in [2.05, 4.69) is 19.6 Å². The molecule has 3 rings (SSSR count). The summed E-state index contributed by atoms with van der Waals surface area (Å²) in [7, 11) is -0.449. The molecule has 136 valence electrons. The highest BCUT2D eigenvalue weighted by molar-refractivity contribution is 7.87. The van der Waals surface area contributed by atoms with Gasteiger partial charge in [-0.3, -0.25) is 0 Å². The molecule has 1 fully saturated rings. The number of benzene rings is 1. The maximum absolute atomic E-state index is 10.9. The Bertz CT molecular complexity index is 868. The maximum Gasteiger partial charge on any atom is 0.274 e. The second kappa shape index (κ2) is 6.98. The molecule has 10 heteroatoms. The lowest BCUT2D eigenvalue weighted by Gasteiger charge is -2.40. The number of rotatable bonds is 7. The van der Waals surface area contributed by atoms with Gasteiger partial charge in [0.05, 0.1) is 19.7 Å². The summed E-state index contributed by atoms with van der Waals surface area (Å²) in [5, 5.41) is 5.81. The summed E-state index contributed by atoms with van der Waals surface area (Å²) in [6, 6.07) is 3.70. The zero-order valence-electron chi connectivity index (χ0n) is 14.1. The Morgan fingerprint density at radius 3 is 2.56 bits per heavy atom. The molecule has 2 heterocycles. The van der Waals surface area contributed by atoms with E-state index in [1.165, 1.54) is 6.33 Å². The molecule has 0 atom stereocenters. The van der Waals surface area contributed by atoms with Crippen LogP contribution in [-0.4, -0.2) is 52.2 Å². The number of hydrogen-bond donors (Lipinski definition) is 2. The molecule has 0 spiro atoms. The van der Waals surface area contributed by atoms with Crippen LogP contribution < -0.4 is 24.2 Å². The van der Waals surface area contributed by atoms with Crippen LogP contribution in [0.15, 0.2) is 18.5 Å². The zero-order valence-corrected chi connectivity index (χ0v) is 14.9. The molecule has 0 aliphatic carbocycles. The molecule has 0 bridgehead atoms. The van der Waals surface area contributed by atoms with Crippen molar-refractivity contribution in [2.45, 2.75) is 6.42 Å². The zero-order chi connectivity index (χ0) is 18.0. The Balaban J connectivity index is 1.73. The third-order valence-electron chi connectivity index (χ3n) is 4.23. The summed E-state index contributed by atoms with van der Waals surface area (Å²) in [5.41, 5.74) is 0.780. The van der Waals surface area contributed by atoms with Gasteiger partial charge in [0.25, 0.3) is 10.2 Å². The number of aromatic nitrogens is 2. The average molecular weight is 367 g/mol. The fraction of sp³-hybridized carbons (Fsp3) is 0.467. The van der Waals surface area contributed by atoms with E-state index < -0.39 is 10.2 Å². The highest BCUT2D eigenvalue weighted by Gasteiger charge is 2.29. The highest BCUT2D eigenvalue weighted by Crippen LogP contribution is 2.36. The lowest BCUT2D eigenvalue weighted by Crippen LogP contribution is -2.48. The largest absolute Gasteiger partial charge is 0.493 e. The molecule has 0 radical (unpaired) electrons. The summed E-state index contributed by atoms with van der Waals surface area (Å²) < 4.78 is 34.7. The first-order chi connectivity index (χ1) is 11.9. The van der Waals surface area contributed by atoms with Crippen LogP contribution >= 0.6 is 0 Å². The van der Waals surface area contributed by atoms with Crippen LogP contribution in [0, 0.1) is 5.92 Å². The van der Waals surface area contributed by atoms with E-state index >= 15 is 0 Å². The molecule has 1 aliphatic rings. The van der Waals surface area contributed by atoms with E-state index in [1.807, 2.05) is 12.1 Å². The quantitative estimate of drug-likeness (QED) is 0.720. The molecule has 25 heavy (non-hydrogen) atoms. The van der Waals surface area contributed by atoms with E-state index in [0.717, 1.165) is 36.2 Å². The Hall–Kier alpha value is -2.17. The number of hydrogen-bond acceptors (Lipinski definition) is 7. The highest BCUT2D eigenvalue weighted by atomic mass is 32.2. The molecular formula is C15H21N5O4S. The van der Waals surface area contributed by atoms with Crippen LogP contribution in [0.4, 0.5) is 5.82 Å². The first kappa shape index (κ1) is 17.6. The molecule has 9 nitrogen and oxygen atoms in total. The number of anilines is 1. The Labute approximate surface area is 146 Å². The van der Waals surface area contributed by atoms with Gasteiger partial charge in [-0.1, -0.05) is 0 Å². The van der Waals surface area contributed by atoms with E-state index in [4.69, 9.17) is 14.6 Å². The summed E-state index contributed by atoms with van der Waals surface area (Å²) >= 11 is 0. The summed E-state index contributed by atoms with van der Waals surface area (Å²) in [6.07, 6.45) is 2.26. The molecule has 0 amide bonds. The summed E-state index contributed by atoms with van der Waals surface area (Å²) in [5.74, 6) is 2.47. The van der Waals surface area contributed by atoms with Crippen molar-refractivity contribution < 1.29 is 17.9 Å². The first-order valence-electron chi connectivity index (χ1n) is 7.80. The van der Waals surface area contributed by atoms with Crippen molar-refractivity contribution in [2.24, 2.45) is 11.1 Å². The van der Waals surface area contributed by atoms with Crippen molar-refractivity contribution >= 4 is 26.9 Å². The smallest absolute Gasteiger partial charge is 0.274 e. The van der Waals surface area contributed by atoms with Crippen molar-refractivity contribution in [1.29, 1.82) is 0 Å². The van der Waals surface area contributed by atoms with Crippen molar-refractivity contribution in [3.8, 4) is 11.5 Å². The van der Waals surface area contributed by atoms with Crippen LogP contribution in [0.3, 0.4) is 0 Å². The summed E-state index contributed by atoms with van der Waals surface area (Å²) in [4.78, 5) is 10.8. The van der Waals surface area contributed by atoms with Gasteiger partial charge in [-0.2, -0.15) is 8.42 Å². The van der Waals surface area contributed by atoms with Gasteiger partial charge >= 0.3 is 0 Å². The number of ether oxygens (including phenoxy) is 2. The lowest BCUT2D eigenvalue weighted by atomic mass is 9.96. The topological polar surface area (TPSA) is 120 Å². The van der Waals surface area contributed by atoms with Gasteiger partial charge in [-0.05, 0) is 18.4 Å². The average Bonchev–Trinajstić information content (AvgIpc) is 2.54. The number of nitrogens with zero attached hydrogens (tertiary/aromatic N) is 3. The fourth-order valence-corrected chi connectivity index (χ4v) is 3.35. The van der Waals surface area contributed by atoms with Gasteiger partial charge in [0.1, 0.15) is 12.1 Å². The second-order valence-electron chi connectivity index (χ2n) is 5.92. The van der Waals surface area contributed by atoms with E-state index in [-0.39, 0.29) is 0 Å². The third-order valence-corrected chi connectivity index (χ3v) is 4.84. The number of methoxy groups -OCH3 is 2. The number of fused-ring (bicyclic) bond motifs is 1. The monoisotopic (exact) mass is 367 g/mol. The second-order valence-corrected chi connectivity index (χ2v) is 7.30. The van der Waals surface area contributed by atoms with Gasteiger partial charge in [-0.15, -0.1) is 0 Å². The molecule has 3 N–H and O–H groups in total. The molecule has 1 aromatic heterocycles. The minimum absolute atomic E-state index is 0.340. The van der Waals surface area contributed by atoms with Gasteiger partial charge in [-0.25, -0.2) is 19.8 Å². The third kappa shape index (κ3) is 3.91. The van der Waals surface area contributed by atoms with Crippen LogP contribution in [0.2, 0.25) is 0 Å². The van der Waals surface area contributed by atoms with E-state index in [9.17, 15) is 8.42 Å². The Morgan fingerprint density at radius 1 is 1.24 bits per heavy atom. The molecule has 1 saturated heterocycles. The minimum atomic E-state index is -3.62. The Kier molecular flexibility index (Phi) is 4.93. The van der Waals surface area contributed by atoms with Gasteiger partial charge < -0.3 is 14.4 Å². The molecular weight excluding hydrogens is 346 g/mol. The molecule has 2 aromatic rings. The Morgan fingerprint density at radius 2 is 1.92 bits per heavy atom. The van der Waals surface area contributed by atoms with Crippen LogP contribution in [0.5, 0.6) is 11.5 Å². The van der Waals surface area contributed by atoms with Crippen LogP contribution in [-0.2, 0) is 10.2 Å². The van der Waals surface area contributed by atoms with E-state index in [1.54, 1.807) is 14.2 Å². The number of nitrogens with two attached hydrogens (primary N) is 1.